The molecule has 0 aromatic heterocycles. The van der Waals surface area contributed by atoms with Crippen LogP contribution in [0.1, 0.15) is 36.5 Å². The Hall–Kier alpha value is -2.63. The summed E-state index contributed by atoms with van der Waals surface area (Å²) in [6.07, 6.45) is 3.32. The van der Waals surface area contributed by atoms with Gasteiger partial charge in [-0.25, -0.2) is 4.79 Å². The molecule has 6 nitrogen and oxygen atoms in total. The maximum absolute atomic E-state index is 12.2. The molecule has 3 N–H and O–H groups in total. The second-order valence-corrected chi connectivity index (χ2v) is 4.81. The largest absolute Gasteiger partial charge is 0.480 e. The summed E-state index contributed by atoms with van der Waals surface area (Å²) in [6, 6.07) is 5.47. The number of nitrogens with one attached hydrogen (secondary N) is 2. The van der Waals surface area contributed by atoms with Gasteiger partial charge in [0.1, 0.15) is 6.04 Å². The summed E-state index contributed by atoms with van der Waals surface area (Å²) < 4.78 is 0. The van der Waals surface area contributed by atoms with Crippen molar-refractivity contribution in [3.63, 3.8) is 0 Å². The molecule has 1 aromatic rings. The predicted molar refractivity (Wildman–Crippen MR) is 83.7 cm³/mol. The monoisotopic (exact) mass is 304 g/mol. The van der Waals surface area contributed by atoms with Gasteiger partial charge in [0.25, 0.3) is 5.91 Å². The van der Waals surface area contributed by atoms with Gasteiger partial charge in [-0.15, -0.1) is 6.58 Å². The van der Waals surface area contributed by atoms with Crippen LogP contribution in [0.4, 0.5) is 5.69 Å². The smallest absolute Gasteiger partial charge is 0.326 e. The van der Waals surface area contributed by atoms with Gasteiger partial charge in [-0.05, 0) is 31.4 Å². The van der Waals surface area contributed by atoms with Crippen LogP contribution < -0.4 is 10.6 Å². The number of amides is 2. The third-order valence-corrected chi connectivity index (χ3v) is 2.99. The van der Waals surface area contributed by atoms with Crippen molar-refractivity contribution in [1.82, 2.24) is 5.32 Å². The molecule has 1 aromatic carbocycles. The third kappa shape index (κ3) is 5.40. The van der Waals surface area contributed by atoms with Crippen LogP contribution in [0, 0.1) is 0 Å². The molecule has 0 saturated heterocycles. The Morgan fingerprint density at radius 3 is 2.59 bits per heavy atom. The molecular weight excluding hydrogens is 284 g/mol. The van der Waals surface area contributed by atoms with Gasteiger partial charge in [-0.3, -0.25) is 9.59 Å². The van der Waals surface area contributed by atoms with Gasteiger partial charge in [0.05, 0.1) is 11.3 Å². The van der Waals surface area contributed by atoms with Gasteiger partial charge >= 0.3 is 5.97 Å². The predicted octanol–water partition coefficient (Wildman–Crippen LogP) is 2.18. The summed E-state index contributed by atoms with van der Waals surface area (Å²) >= 11 is 0. The number of allylic oxidation sites excluding steroid dienone is 1. The molecule has 0 saturated carbocycles. The number of benzene rings is 1. The minimum absolute atomic E-state index is 0.229. The zero-order valence-corrected chi connectivity index (χ0v) is 12.5. The molecule has 0 fully saturated rings. The van der Waals surface area contributed by atoms with E-state index < -0.39 is 17.9 Å². The summed E-state index contributed by atoms with van der Waals surface area (Å²) in [5, 5.41) is 14.2. The van der Waals surface area contributed by atoms with Crippen molar-refractivity contribution in [2.45, 2.75) is 32.2 Å². The number of carbonyl (C=O) groups excluding carboxylic acids is 2. The number of anilines is 1. The van der Waals surface area contributed by atoms with Crippen LogP contribution in [0.15, 0.2) is 36.9 Å². The van der Waals surface area contributed by atoms with Crippen LogP contribution in [0.25, 0.3) is 0 Å². The second kappa shape index (κ2) is 8.61. The van der Waals surface area contributed by atoms with Crippen molar-refractivity contribution in [2.75, 3.05) is 5.32 Å². The number of aliphatic carboxylic acids is 1. The number of carboxylic acid groups (broad SMARTS) is 1. The first-order chi connectivity index (χ1) is 10.5. The molecule has 0 aliphatic rings. The first-order valence-electron chi connectivity index (χ1n) is 6.97. The van der Waals surface area contributed by atoms with E-state index in [1.54, 1.807) is 24.3 Å². The molecule has 118 valence electrons. The standard InChI is InChI=1S/C16H20N2O4/c1-3-4-5-10-14(16(21)22)18-15(20)12-8-6-7-9-13(12)17-11(2)19/h3,6-9,14H,1,4-5,10H2,2H3,(H,17,19)(H,18,20)(H,21,22)/t14-/m0/s1. The van der Waals surface area contributed by atoms with Crippen molar-refractivity contribution >= 4 is 23.5 Å². The van der Waals surface area contributed by atoms with Crippen molar-refractivity contribution in [3.05, 3.63) is 42.5 Å². The maximum atomic E-state index is 12.2. The summed E-state index contributed by atoms with van der Waals surface area (Å²) in [5.41, 5.74) is 0.579. The SMILES string of the molecule is C=CCCC[C@H](NC(=O)c1ccccc1NC(C)=O)C(=O)O. The molecule has 0 aliphatic carbocycles. The summed E-state index contributed by atoms with van der Waals surface area (Å²) in [4.78, 5) is 34.6. The van der Waals surface area contributed by atoms with E-state index >= 15 is 0 Å². The molecule has 1 atom stereocenters. The number of rotatable bonds is 8. The Morgan fingerprint density at radius 2 is 2.00 bits per heavy atom. The van der Waals surface area contributed by atoms with E-state index in [1.165, 1.54) is 13.0 Å². The number of carbonyl (C=O) groups is 3. The van der Waals surface area contributed by atoms with Crippen molar-refractivity contribution in [1.29, 1.82) is 0 Å². The number of carboxylic acids is 1. The Labute approximate surface area is 129 Å². The number of unbranched alkanes of at least 4 members (excludes halogenated alkanes) is 1. The molecular formula is C16H20N2O4. The second-order valence-electron chi connectivity index (χ2n) is 4.81. The summed E-state index contributed by atoms with van der Waals surface area (Å²) in [6.45, 7) is 4.91. The highest BCUT2D eigenvalue weighted by Crippen LogP contribution is 2.15. The normalized spacial score (nSPS) is 11.3. The maximum Gasteiger partial charge on any atom is 0.326 e. The zero-order chi connectivity index (χ0) is 16.5. The van der Waals surface area contributed by atoms with Crippen molar-refractivity contribution in [3.8, 4) is 0 Å². The molecule has 0 bridgehead atoms. The van der Waals surface area contributed by atoms with Crippen LogP contribution in [0.3, 0.4) is 0 Å². The van der Waals surface area contributed by atoms with Gasteiger partial charge < -0.3 is 15.7 Å². The zero-order valence-electron chi connectivity index (χ0n) is 12.5. The minimum Gasteiger partial charge on any atom is -0.480 e. The van der Waals surface area contributed by atoms with Crippen molar-refractivity contribution in [2.24, 2.45) is 0 Å². The van der Waals surface area contributed by atoms with Gasteiger partial charge in [0.2, 0.25) is 5.91 Å². The Kier molecular flexibility index (Phi) is 6.82. The van der Waals surface area contributed by atoms with Crippen LogP contribution in [0.2, 0.25) is 0 Å². The molecule has 1 rings (SSSR count). The minimum atomic E-state index is -1.09. The van der Waals surface area contributed by atoms with Gasteiger partial charge in [-0.2, -0.15) is 0 Å². The first-order valence-corrected chi connectivity index (χ1v) is 6.97. The number of hydrogen-bond donors (Lipinski definition) is 3. The lowest BCUT2D eigenvalue weighted by atomic mass is 10.1. The highest BCUT2D eigenvalue weighted by atomic mass is 16.4. The third-order valence-electron chi connectivity index (χ3n) is 2.99. The summed E-state index contributed by atoms with van der Waals surface area (Å²) in [7, 11) is 0. The van der Waals surface area contributed by atoms with E-state index in [0.29, 0.717) is 24.9 Å². The topological polar surface area (TPSA) is 95.5 Å². The van der Waals surface area contributed by atoms with Gasteiger partial charge in [0, 0.05) is 6.92 Å². The average molecular weight is 304 g/mol. The van der Waals surface area contributed by atoms with Crippen molar-refractivity contribution < 1.29 is 19.5 Å². The quantitative estimate of drug-likeness (QED) is 0.506. The van der Waals surface area contributed by atoms with Crippen LogP contribution in [-0.2, 0) is 9.59 Å². The lowest BCUT2D eigenvalue weighted by molar-refractivity contribution is -0.139. The fourth-order valence-electron chi connectivity index (χ4n) is 1.94. The fraction of sp³-hybridized carbons (Fsp3) is 0.312. The van der Waals surface area contributed by atoms with E-state index in [0.717, 1.165) is 0 Å². The Morgan fingerprint density at radius 1 is 1.32 bits per heavy atom. The molecule has 0 aliphatic heterocycles. The Balaban J connectivity index is 2.83. The van der Waals surface area contributed by atoms with Gasteiger partial charge in [0.15, 0.2) is 0 Å². The molecule has 2 amide bonds. The van der Waals surface area contributed by atoms with E-state index in [1.807, 2.05) is 0 Å². The highest BCUT2D eigenvalue weighted by Gasteiger charge is 2.21. The van der Waals surface area contributed by atoms with Gasteiger partial charge in [-0.1, -0.05) is 18.2 Å². The van der Waals surface area contributed by atoms with E-state index in [4.69, 9.17) is 0 Å². The summed E-state index contributed by atoms with van der Waals surface area (Å²) in [5.74, 6) is -1.93. The molecule has 22 heavy (non-hydrogen) atoms. The number of para-hydroxylation sites is 1. The molecule has 6 heteroatoms. The highest BCUT2D eigenvalue weighted by molar-refractivity contribution is 6.04. The molecule has 0 spiro atoms. The Bertz CT molecular complexity index is 569. The average Bonchev–Trinajstić information content (AvgIpc) is 2.46. The number of hydrogen-bond acceptors (Lipinski definition) is 3. The van der Waals surface area contributed by atoms with Crippen LogP contribution in [0.5, 0.6) is 0 Å². The molecule has 0 heterocycles. The molecule has 0 radical (unpaired) electrons. The first kappa shape index (κ1) is 17.4. The fourth-order valence-corrected chi connectivity index (χ4v) is 1.94. The van der Waals surface area contributed by atoms with E-state index in [2.05, 4.69) is 17.2 Å². The van der Waals surface area contributed by atoms with E-state index in [-0.39, 0.29) is 11.5 Å². The molecule has 0 unspecified atom stereocenters. The lowest BCUT2D eigenvalue weighted by Gasteiger charge is -2.16. The van der Waals surface area contributed by atoms with Crippen LogP contribution in [-0.4, -0.2) is 28.9 Å². The van der Waals surface area contributed by atoms with Crippen LogP contribution >= 0.6 is 0 Å². The van der Waals surface area contributed by atoms with E-state index in [9.17, 15) is 19.5 Å². The lowest BCUT2D eigenvalue weighted by Crippen LogP contribution is -2.41.